The average molecular weight is 287 g/mol. The first kappa shape index (κ1) is 15.6. The summed E-state index contributed by atoms with van der Waals surface area (Å²) in [4.78, 5) is 10.7. The van der Waals surface area contributed by atoms with Crippen molar-refractivity contribution in [2.45, 2.75) is 24.8 Å². The molecule has 0 spiro atoms. The van der Waals surface area contributed by atoms with Crippen molar-refractivity contribution >= 4 is 16.0 Å². The van der Waals surface area contributed by atoms with E-state index in [0.717, 1.165) is 6.07 Å². The Balaban J connectivity index is 2.72. The third kappa shape index (κ3) is 4.98. The lowest BCUT2D eigenvalue weighted by Crippen LogP contribution is -2.28. The number of nitrogens with one attached hydrogen (secondary N) is 1. The Bertz CT molecular complexity index is 539. The Labute approximate surface area is 112 Å². The second kappa shape index (κ2) is 6.65. The number of carboxylic acids is 1. The van der Waals surface area contributed by atoms with Crippen molar-refractivity contribution in [1.29, 1.82) is 0 Å². The van der Waals surface area contributed by atoms with E-state index in [4.69, 9.17) is 9.84 Å². The van der Waals surface area contributed by atoms with Gasteiger partial charge in [0, 0.05) is 6.54 Å². The third-order valence-corrected chi connectivity index (χ3v) is 3.70. The van der Waals surface area contributed by atoms with Gasteiger partial charge in [-0.15, -0.1) is 0 Å². The number of carbonyl (C=O) groups is 1. The highest BCUT2D eigenvalue weighted by atomic mass is 32.2. The van der Waals surface area contributed by atoms with Crippen molar-refractivity contribution in [3.63, 3.8) is 0 Å². The Morgan fingerprint density at radius 3 is 2.68 bits per heavy atom. The number of sulfonamides is 1. The van der Waals surface area contributed by atoms with Crippen molar-refractivity contribution in [2.75, 3.05) is 13.2 Å². The van der Waals surface area contributed by atoms with Gasteiger partial charge in [0.15, 0.2) is 0 Å². The number of benzene rings is 1. The molecule has 106 valence electrons. The van der Waals surface area contributed by atoms with E-state index in [9.17, 15) is 13.2 Å². The van der Waals surface area contributed by atoms with Gasteiger partial charge >= 0.3 is 5.97 Å². The van der Waals surface area contributed by atoms with Gasteiger partial charge in [-0.05, 0) is 32.0 Å². The first-order valence-electron chi connectivity index (χ1n) is 5.77. The van der Waals surface area contributed by atoms with E-state index in [1.165, 1.54) is 18.2 Å². The largest absolute Gasteiger partial charge is 0.478 e. The van der Waals surface area contributed by atoms with E-state index in [1.54, 1.807) is 0 Å². The summed E-state index contributed by atoms with van der Waals surface area (Å²) in [6.45, 7) is 4.10. The summed E-state index contributed by atoms with van der Waals surface area (Å²) < 4.78 is 31.3. The first-order valence-corrected chi connectivity index (χ1v) is 7.26. The SMILES string of the molecule is CC(C)OCCNS(=O)(=O)c1cccc(C(=O)O)c1. The third-order valence-electron chi connectivity index (χ3n) is 2.24. The van der Waals surface area contributed by atoms with Crippen LogP contribution in [0.15, 0.2) is 29.2 Å². The molecule has 1 aromatic carbocycles. The van der Waals surface area contributed by atoms with Gasteiger partial charge in [-0.2, -0.15) is 0 Å². The zero-order chi connectivity index (χ0) is 14.5. The topological polar surface area (TPSA) is 92.7 Å². The summed E-state index contributed by atoms with van der Waals surface area (Å²) in [6.07, 6.45) is 0.0276. The molecule has 19 heavy (non-hydrogen) atoms. The molecule has 0 fully saturated rings. The fraction of sp³-hybridized carbons (Fsp3) is 0.417. The summed E-state index contributed by atoms with van der Waals surface area (Å²) in [5, 5.41) is 8.81. The van der Waals surface area contributed by atoms with Gasteiger partial charge in [-0.25, -0.2) is 17.9 Å². The van der Waals surface area contributed by atoms with E-state index in [-0.39, 0.29) is 29.7 Å². The van der Waals surface area contributed by atoms with Gasteiger partial charge in [-0.1, -0.05) is 6.07 Å². The quantitative estimate of drug-likeness (QED) is 0.732. The average Bonchev–Trinajstić information content (AvgIpc) is 2.34. The molecular formula is C12H17NO5S. The Morgan fingerprint density at radius 2 is 2.11 bits per heavy atom. The number of hydrogen-bond acceptors (Lipinski definition) is 4. The van der Waals surface area contributed by atoms with Crippen LogP contribution in [0.4, 0.5) is 0 Å². The number of ether oxygens (including phenoxy) is 1. The normalized spacial score (nSPS) is 11.7. The summed E-state index contributed by atoms with van der Waals surface area (Å²) >= 11 is 0. The molecule has 0 unspecified atom stereocenters. The molecule has 0 aliphatic heterocycles. The zero-order valence-corrected chi connectivity index (χ0v) is 11.6. The second-order valence-electron chi connectivity index (χ2n) is 4.15. The van der Waals surface area contributed by atoms with Gasteiger partial charge in [0.25, 0.3) is 0 Å². The van der Waals surface area contributed by atoms with Crippen LogP contribution in [0.25, 0.3) is 0 Å². The molecule has 2 N–H and O–H groups in total. The molecule has 0 amide bonds. The highest BCUT2D eigenvalue weighted by Crippen LogP contribution is 2.11. The fourth-order valence-corrected chi connectivity index (χ4v) is 2.41. The minimum absolute atomic E-state index is 0.0276. The van der Waals surface area contributed by atoms with Crippen LogP contribution in [-0.2, 0) is 14.8 Å². The molecule has 0 aliphatic rings. The fourth-order valence-electron chi connectivity index (χ4n) is 1.35. The van der Waals surface area contributed by atoms with E-state index >= 15 is 0 Å². The predicted molar refractivity (Wildman–Crippen MR) is 69.7 cm³/mol. The zero-order valence-electron chi connectivity index (χ0n) is 10.8. The van der Waals surface area contributed by atoms with E-state index in [1.807, 2.05) is 13.8 Å². The lowest BCUT2D eigenvalue weighted by Gasteiger charge is -2.09. The highest BCUT2D eigenvalue weighted by molar-refractivity contribution is 7.89. The molecule has 1 rings (SSSR count). The molecular weight excluding hydrogens is 270 g/mol. The maximum absolute atomic E-state index is 11.9. The van der Waals surface area contributed by atoms with Crippen molar-refractivity contribution in [1.82, 2.24) is 4.72 Å². The summed E-state index contributed by atoms with van der Waals surface area (Å²) in [6, 6.07) is 5.19. The maximum atomic E-state index is 11.9. The van der Waals surface area contributed by atoms with Crippen LogP contribution in [0.1, 0.15) is 24.2 Å². The Morgan fingerprint density at radius 1 is 1.42 bits per heavy atom. The van der Waals surface area contributed by atoms with E-state index in [2.05, 4.69) is 4.72 Å². The highest BCUT2D eigenvalue weighted by Gasteiger charge is 2.15. The molecule has 0 aliphatic carbocycles. The molecule has 0 bridgehead atoms. The second-order valence-corrected chi connectivity index (χ2v) is 5.92. The summed E-state index contributed by atoms with van der Waals surface area (Å²) in [7, 11) is -3.71. The molecule has 0 saturated carbocycles. The molecule has 1 aromatic rings. The molecule has 6 nitrogen and oxygen atoms in total. The summed E-state index contributed by atoms with van der Waals surface area (Å²) in [5.41, 5.74) is -0.0682. The Hall–Kier alpha value is -1.44. The summed E-state index contributed by atoms with van der Waals surface area (Å²) in [5.74, 6) is -1.17. The molecule has 0 saturated heterocycles. The van der Waals surface area contributed by atoms with Gasteiger partial charge in [0.05, 0.1) is 23.2 Å². The van der Waals surface area contributed by atoms with Crippen LogP contribution < -0.4 is 4.72 Å². The van der Waals surface area contributed by atoms with Crippen LogP contribution >= 0.6 is 0 Å². The monoisotopic (exact) mass is 287 g/mol. The van der Waals surface area contributed by atoms with E-state index < -0.39 is 16.0 Å². The van der Waals surface area contributed by atoms with Gasteiger partial charge < -0.3 is 9.84 Å². The molecule has 0 heterocycles. The number of hydrogen-bond donors (Lipinski definition) is 2. The molecule has 0 radical (unpaired) electrons. The van der Waals surface area contributed by atoms with Crippen molar-refractivity contribution in [3.8, 4) is 0 Å². The van der Waals surface area contributed by atoms with Crippen LogP contribution in [-0.4, -0.2) is 38.7 Å². The minimum atomic E-state index is -3.71. The number of rotatable bonds is 7. The van der Waals surface area contributed by atoms with Crippen molar-refractivity contribution in [2.24, 2.45) is 0 Å². The number of carboxylic acid groups (broad SMARTS) is 1. The Kier molecular flexibility index (Phi) is 5.46. The standard InChI is InChI=1S/C12H17NO5S/c1-9(2)18-7-6-13-19(16,17)11-5-3-4-10(8-11)12(14)15/h3-5,8-9,13H,6-7H2,1-2H3,(H,14,15). The lowest BCUT2D eigenvalue weighted by molar-refractivity contribution is 0.0696. The van der Waals surface area contributed by atoms with Crippen LogP contribution in [0.5, 0.6) is 0 Å². The van der Waals surface area contributed by atoms with Crippen molar-refractivity contribution < 1.29 is 23.1 Å². The van der Waals surface area contributed by atoms with Crippen LogP contribution in [0.3, 0.4) is 0 Å². The molecule has 7 heteroatoms. The lowest BCUT2D eigenvalue weighted by atomic mass is 10.2. The minimum Gasteiger partial charge on any atom is -0.478 e. The predicted octanol–water partition coefficient (Wildman–Crippen LogP) is 1.09. The number of aromatic carboxylic acids is 1. The van der Waals surface area contributed by atoms with Crippen molar-refractivity contribution in [3.05, 3.63) is 29.8 Å². The van der Waals surface area contributed by atoms with Gasteiger partial charge in [-0.3, -0.25) is 0 Å². The molecule has 0 atom stereocenters. The van der Waals surface area contributed by atoms with Gasteiger partial charge in [0.2, 0.25) is 10.0 Å². The first-order chi connectivity index (χ1) is 8.83. The van der Waals surface area contributed by atoms with Crippen LogP contribution in [0.2, 0.25) is 0 Å². The van der Waals surface area contributed by atoms with Crippen LogP contribution in [0, 0.1) is 0 Å². The smallest absolute Gasteiger partial charge is 0.335 e. The molecule has 0 aromatic heterocycles. The maximum Gasteiger partial charge on any atom is 0.335 e. The van der Waals surface area contributed by atoms with E-state index in [0.29, 0.717) is 0 Å². The van der Waals surface area contributed by atoms with Gasteiger partial charge in [0.1, 0.15) is 0 Å².